The van der Waals surface area contributed by atoms with Gasteiger partial charge < -0.3 is 4.74 Å². The minimum Gasteiger partial charge on any atom is -0.486 e. The fourth-order valence-electron chi connectivity index (χ4n) is 1.52. The second kappa shape index (κ2) is 5.81. The summed E-state index contributed by atoms with van der Waals surface area (Å²) in [6, 6.07) is 10.4. The van der Waals surface area contributed by atoms with Crippen LogP contribution in [0.3, 0.4) is 0 Å². The molecule has 0 spiro atoms. The number of nitriles is 1. The van der Waals surface area contributed by atoms with Crippen molar-refractivity contribution in [3.05, 3.63) is 63.6 Å². The van der Waals surface area contributed by atoms with Gasteiger partial charge >= 0.3 is 0 Å². The lowest BCUT2D eigenvalue weighted by Crippen LogP contribution is -2.01. The summed E-state index contributed by atoms with van der Waals surface area (Å²) in [5.41, 5.74) is 0.147. The molecule has 0 saturated heterocycles. The van der Waals surface area contributed by atoms with E-state index in [0.29, 0.717) is 4.47 Å². The zero-order valence-corrected chi connectivity index (χ0v) is 11.2. The maximum atomic E-state index is 13.7. The lowest BCUT2D eigenvalue weighted by Gasteiger charge is -2.09. The molecule has 0 heterocycles. The molecule has 96 valence electrons. The monoisotopic (exact) mass is 323 g/mol. The van der Waals surface area contributed by atoms with Gasteiger partial charge in [0, 0.05) is 10.0 Å². The van der Waals surface area contributed by atoms with Crippen molar-refractivity contribution in [3.63, 3.8) is 0 Å². The van der Waals surface area contributed by atoms with E-state index in [-0.39, 0.29) is 23.5 Å². The van der Waals surface area contributed by atoms with Gasteiger partial charge in [0.2, 0.25) is 0 Å². The van der Waals surface area contributed by atoms with Gasteiger partial charge in [-0.2, -0.15) is 5.26 Å². The van der Waals surface area contributed by atoms with E-state index in [1.165, 1.54) is 24.3 Å². The normalized spacial score (nSPS) is 10.0. The van der Waals surface area contributed by atoms with Crippen LogP contribution in [0.25, 0.3) is 0 Å². The molecule has 0 aliphatic rings. The molecule has 0 aromatic heterocycles. The van der Waals surface area contributed by atoms with Crippen molar-refractivity contribution in [2.75, 3.05) is 0 Å². The molecule has 0 radical (unpaired) electrons. The molecular weight excluding hydrogens is 316 g/mol. The van der Waals surface area contributed by atoms with Crippen molar-refractivity contribution < 1.29 is 13.5 Å². The van der Waals surface area contributed by atoms with Crippen LogP contribution in [0.1, 0.15) is 11.1 Å². The van der Waals surface area contributed by atoms with Crippen molar-refractivity contribution in [1.29, 1.82) is 5.26 Å². The summed E-state index contributed by atoms with van der Waals surface area (Å²) in [6.07, 6.45) is 0. The van der Waals surface area contributed by atoms with E-state index in [1.54, 1.807) is 18.2 Å². The van der Waals surface area contributed by atoms with Crippen LogP contribution in [-0.2, 0) is 6.61 Å². The Morgan fingerprint density at radius 2 is 2.00 bits per heavy atom. The molecule has 0 aliphatic heterocycles. The van der Waals surface area contributed by atoms with Crippen LogP contribution in [0.4, 0.5) is 8.78 Å². The number of rotatable bonds is 3. The van der Waals surface area contributed by atoms with E-state index >= 15 is 0 Å². The van der Waals surface area contributed by atoms with E-state index in [4.69, 9.17) is 10.00 Å². The van der Waals surface area contributed by atoms with Gasteiger partial charge in [-0.25, -0.2) is 8.78 Å². The molecule has 0 N–H and O–H groups in total. The third-order valence-electron chi connectivity index (χ3n) is 2.48. The summed E-state index contributed by atoms with van der Waals surface area (Å²) >= 11 is 3.20. The highest BCUT2D eigenvalue weighted by Gasteiger charge is 2.10. The Bertz CT molecular complexity index is 652. The van der Waals surface area contributed by atoms with Gasteiger partial charge in [0.25, 0.3) is 0 Å². The van der Waals surface area contributed by atoms with Crippen molar-refractivity contribution in [3.8, 4) is 11.8 Å². The van der Waals surface area contributed by atoms with Gasteiger partial charge in [-0.05, 0) is 24.3 Å². The highest BCUT2D eigenvalue weighted by molar-refractivity contribution is 9.10. The number of halogens is 3. The number of nitrogens with zero attached hydrogens (tertiary/aromatic N) is 1. The first-order chi connectivity index (χ1) is 9.11. The van der Waals surface area contributed by atoms with Crippen molar-refractivity contribution in [1.82, 2.24) is 0 Å². The molecule has 0 atom stereocenters. The Balaban J connectivity index is 2.20. The molecule has 5 heteroatoms. The first-order valence-corrected chi connectivity index (χ1v) is 6.16. The van der Waals surface area contributed by atoms with Gasteiger partial charge in [0.15, 0.2) is 11.6 Å². The molecule has 0 aliphatic carbocycles. The van der Waals surface area contributed by atoms with Crippen LogP contribution in [0.15, 0.2) is 40.9 Å². The summed E-state index contributed by atoms with van der Waals surface area (Å²) < 4.78 is 33.1. The number of hydrogen-bond donors (Lipinski definition) is 0. The number of hydrogen-bond acceptors (Lipinski definition) is 2. The van der Waals surface area contributed by atoms with Gasteiger partial charge in [-0.3, -0.25) is 0 Å². The SMILES string of the molecule is N#Cc1cccc(COc2cc(Br)ccc2F)c1F. The topological polar surface area (TPSA) is 33.0 Å². The van der Waals surface area contributed by atoms with E-state index in [9.17, 15) is 8.78 Å². The largest absolute Gasteiger partial charge is 0.486 e. The molecule has 2 aromatic carbocycles. The first kappa shape index (κ1) is 13.5. The molecule has 2 aromatic rings. The van der Waals surface area contributed by atoms with Crippen LogP contribution in [-0.4, -0.2) is 0 Å². The Morgan fingerprint density at radius 3 is 2.74 bits per heavy atom. The lowest BCUT2D eigenvalue weighted by molar-refractivity contribution is 0.284. The quantitative estimate of drug-likeness (QED) is 0.849. The maximum Gasteiger partial charge on any atom is 0.165 e. The average molecular weight is 324 g/mol. The highest BCUT2D eigenvalue weighted by Crippen LogP contribution is 2.23. The third kappa shape index (κ3) is 3.09. The van der Waals surface area contributed by atoms with Crippen LogP contribution >= 0.6 is 15.9 Å². The molecule has 0 bridgehead atoms. The molecule has 0 amide bonds. The zero-order chi connectivity index (χ0) is 13.8. The predicted octanol–water partition coefficient (Wildman–Crippen LogP) is 4.18. The molecule has 2 rings (SSSR count). The highest BCUT2D eigenvalue weighted by atomic mass is 79.9. The summed E-state index contributed by atoms with van der Waals surface area (Å²) in [5, 5.41) is 8.71. The summed E-state index contributed by atoms with van der Waals surface area (Å²) in [5.74, 6) is -1.14. The maximum absolute atomic E-state index is 13.7. The molecule has 19 heavy (non-hydrogen) atoms. The molecule has 2 nitrogen and oxygen atoms in total. The van der Waals surface area contributed by atoms with E-state index in [2.05, 4.69) is 15.9 Å². The van der Waals surface area contributed by atoms with Crippen LogP contribution in [0.5, 0.6) is 5.75 Å². The van der Waals surface area contributed by atoms with Gasteiger partial charge in [-0.15, -0.1) is 0 Å². The Kier molecular flexibility index (Phi) is 4.13. The Hall–Kier alpha value is -1.93. The lowest BCUT2D eigenvalue weighted by atomic mass is 10.1. The molecular formula is C14H8BrF2NO. The van der Waals surface area contributed by atoms with E-state index < -0.39 is 11.6 Å². The second-order valence-corrected chi connectivity index (χ2v) is 4.67. The first-order valence-electron chi connectivity index (χ1n) is 5.37. The van der Waals surface area contributed by atoms with E-state index in [0.717, 1.165) is 0 Å². The summed E-state index contributed by atoms with van der Waals surface area (Å²) in [6.45, 7) is -0.144. The third-order valence-corrected chi connectivity index (χ3v) is 2.97. The predicted molar refractivity (Wildman–Crippen MR) is 69.5 cm³/mol. The van der Waals surface area contributed by atoms with Crippen molar-refractivity contribution >= 4 is 15.9 Å². The summed E-state index contributed by atoms with van der Waals surface area (Å²) in [4.78, 5) is 0. The molecule has 0 saturated carbocycles. The van der Waals surface area contributed by atoms with Gasteiger partial charge in [0.1, 0.15) is 18.5 Å². The second-order valence-electron chi connectivity index (χ2n) is 3.75. The minimum atomic E-state index is -0.639. The fourth-order valence-corrected chi connectivity index (χ4v) is 1.86. The van der Waals surface area contributed by atoms with Crippen molar-refractivity contribution in [2.45, 2.75) is 6.61 Å². The Labute approximate surface area is 117 Å². The van der Waals surface area contributed by atoms with Gasteiger partial charge in [-0.1, -0.05) is 28.1 Å². The molecule has 0 unspecified atom stereocenters. The number of ether oxygens (including phenoxy) is 1. The zero-order valence-electron chi connectivity index (χ0n) is 9.66. The van der Waals surface area contributed by atoms with E-state index in [1.807, 2.05) is 0 Å². The molecule has 0 fully saturated rings. The fraction of sp³-hybridized carbons (Fsp3) is 0.0714. The standard InChI is InChI=1S/C14H8BrF2NO/c15-11-4-5-12(16)13(6-11)19-8-10-3-1-2-9(7-18)14(10)17/h1-6H,8H2. The van der Waals surface area contributed by atoms with Crippen LogP contribution < -0.4 is 4.74 Å². The Morgan fingerprint density at radius 1 is 1.21 bits per heavy atom. The minimum absolute atomic E-state index is 0.0242. The summed E-state index contributed by atoms with van der Waals surface area (Å²) in [7, 11) is 0. The smallest absolute Gasteiger partial charge is 0.165 e. The van der Waals surface area contributed by atoms with Crippen LogP contribution in [0, 0.1) is 23.0 Å². The van der Waals surface area contributed by atoms with Crippen molar-refractivity contribution in [2.24, 2.45) is 0 Å². The van der Waals surface area contributed by atoms with Crippen LogP contribution in [0.2, 0.25) is 0 Å². The van der Waals surface area contributed by atoms with Gasteiger partial charge in [0.05, 0.1) is 5.56 Å². The number of benzene rings is 2. The average Bonchev–Trinajstić information content (AvgIpc) is 2.41.